The van der Waals surface area contributed by atoms with Crippen molar-refractivity contribution in [1.29, 1.82) is 0 Å². The summed E-state index contributed by atoms with van der Waals surface area (Å²) in [5.41, 5.74) is 1.36. The summed E-state index contributed by atoms with van der Waals surface area (Å²) < 4.78 is 1.58. The van der Waals surface area contributed by atoms with E-state index < -0.39 is 0 Å². The molecule has 0 saturated carbocycles. The van der Waals surface area contributed by atoms with Gasteiger partial charge >= 0.3 is 0 Å². The zero-order valence-corrected chi connectivity index (χ0v) is 14.2. The number of amides is 1. The number of carbonyl (C=O) groups is 1. The number of halogens is 1. The Bertz CT molecular complexity index is 735. The minimum absolute atomic E-state index is 0.115. The number of aromatic nitrogens is 3. The summed E-state index contributed by atoms with van der Waals surface area (Å²) >= 11 is 6.10. The maximum absolute atomic E-state index is 12.8. The summed E-state index contributed by atoms with van der Waals surface area (Å²) in [4.78, 5) is 19.3. The van der Waals surface area contributed by atoms with Crippen LogP contribution in [0.1, 0.15) is 36.0 Å². The van der Waals surface area contributed by atoms with E-state index in [0.717, 1.165) is 13.1 Å². The number of carbonyl (C=O) groups excluding carboxylic acids is 1. The highest BCUT2D eigenvalue weighted by atomic mass is 35.5. The molecule has 0 atom stereocenters. The van der Waals surface area contributed by atoms with Crippen LogP contribution in [0.5, 0.6) is 0 Å². The fourth-order valence-corrected chi connectivity index (χ4v) is 4.25. The summed E-state index contributed by atoms with van der Waals surface area (Å²) in [7, 11) is 0. The molecule has 2 saturated heterocycles. The lowest BCUT2D eigenvalue weighted by Crippen LogP contribution is -2.48. The van der Waals surface area contributed by atoms with Gasteiger partial charge in [-0.15, -0.1) is 0 Å². The SMILES string of the molecule is O=C(NCC12CCCN1CCC2)c1cc(Cl)ccc1-n1cncn1. The highest BCUT2D eigenvalue weighted by molar-refractivity contribution is 6.31. The van der Waals surface area contributed by atoms with Crippen molar-refractivity contribution in [3.63, 3.8) is 0 Å². The van der Waals surface area contributed by atoms with Crippen LogP contribution in [0.2, 0.25) is 5.02 Å². The quantitative estimate of drug-likeness (QED) is 0.923. The molecule has 0 unspecified atom stereocenters. The third-order valence-electron chi connectivity index (χ3n) is 5.26. The Morgan fingerprint density at radius 1 is 1.29 bits per heavy atom. The number of hydrogen-bond acceptors (Lipinski definition) is 4. The van der Waals surface area contributed by atoms with E-state index in [4.69, 9.17) is 11.6 Å². The fraction of sp³-hybridized carbons (Fsp3) is 0.471. The molecule has 7 heteroatoms. The van der Waals surface area contributed by atoms with Gasteiger partial charge in [0.1, 0.15) is 12.7 Å². The van der Waals surface area contributed by atoms with E-state index in [1.165, 1.54) is 32.0 Å². The van der Waals surface area contributed by atoms with E-state index in [2.05, 4.69) is 20.3 Å². The van der Waals surface area contributed by atoms with Crippen LogP contribution in [0, 0.1) is 0 Å². The largest absolute Gasteiger partial charge is 0.350 e. The van der Waals surface area contributed by atoms with Crippen LogP contribution in [0.25, 0.3) is 5.69 Å². The summed E-state index contributed by atoms with van der Waals surface area (Å²) in [6.45, 7) is 2.99. The second-order valence-electron chi connectivity index (χ2n) is 6.60. The predicted octanol–water partition coefficient (Wildman–Crippen LogP) is 2.28. The lowest BCUT2D eigenvalue weighted by Gasteiger charge is -2.32. The number of rotatable bonds is 4. The van der Waals surface area contributed by atoms with Gasteiger partial charge < -0.3 is 5.32 Å². The molecule has 1 aromatic carbocycles. The van der Waals surface area contributed by atoms with Gasteiger partial charge in [0, 0.05) is 17.1 Å². The first-order valence-corrected chi connectivity index (χ1v) is 8.74. The van der Waals surface area contributed by atoms with Crippen LogP contribution in [0.4, 0.5) is 0 Å². The molecule has 24 heavy (non-hydrogen) atoms. The monoisotopic (exact) mass is 345 g/mol. The second-order valence-corrected chi connectivity index (χ2v) is 7.04. The van der Waals surface area contributed by atoms with Gasteiger partial charge in [0.2, 0.25) is 0 Å². The van der Waals surface area contributed by atoms with Gasteiger partial charge in [-0.3, -0.25) is 9.69 Å². The number of nitrogens with one attached hydrogen (secondary N) is 1. The third-order valence-corrected chi connectivity index (χ3v) is 5.49. The first-order chi connectivity index (χ1) is 11.7. The number of nitrogens with zero attached hydrogens (tertiary/aromatic N) is 4. The van der Waals surface area contributed by atoms with Crippen molar-refractivity contribution in [2.24, 2.45) is 0 Å². The van der Waals surface area contributed by atoms with Crippen LogP contribution >= 0.6 is 11.6 Å². The maximum atomic E-state index is 12.8. The Kier molecular flexibility index (Phi) is 4.02. The zero-order valence-electron chi connectivity index (χ0n) is 13.4. The van der Waals surface area contributed by atoms with Crippen LogP contribution in [-0.2, 0) is 0 Å². The molecule has 2 aliphatic rings. The Morgan fingerprint density at radius 3 is 2.79 bits per heavy atom. The molecule has 0 spiro atoms. The highest BCUT2D eigenvalue weighted by Gasteiger charge is 2.44. The van der Waals surface area contributed by atoms with Crippen molar-refractivity contribution in [1.82, 2.24) is 25.0 Å². The number of benzene rings is 1. The zero-order chi connectivity index (χ0) is 16.6. The first kappa shape index (κ1) is 15.6. The molecule has 0 radical (unpaired) electrons. The number of hydrogen-bond donors (Lipinski definition) is 1. The van der Waals surface area contributed by atoms with E-state index in [1.807, 2.05) is 0 Å². The average Bonchev–Trinajstić information content (AvgIpc) is 3.29. The van der Waals surface area contributed by atoms with Crippen molar-refractivity contribution in [3.8, 4) is 5.69 Å². The van der Waals surface area contributed by atoms with E-state index in [9.17, 15) is 4.79 Å². The van der Waals surface area contributed by atoms with Gasteiger partial charge in [0.25, 0.3) is 5.91 Å². The first-order valence-electron chi connectivity index (χ1n) is 8.36. The molecule has 1 aromatic heterocycles. The smallest absolute Gasteiger partial charge is 0.253 e. The average molecular weight is 346 g/mol. The minimum Gasteiger partial charge on any atom is -0.350 e. The molecule has 2 aliphatic heterocycles. The molecule has 2 fully saturated rings. The topological polar surface area (TPSA) is 63.1 Å². The van der Waals surface area contributed by atoms with Gasteiger partial charge in [-0.2, -0.15) is 5.10 Å². The van der Waals surface area contributed by atoms with Crippen LogP contribution in [0.15, 0.2) is 30.9 Å². The molecule has 3 heterocycles. The Morgan fingerprint density at radius 2 is 2.08 bits per heavy atom. The molecule has 1 N–H and O–H groups in total. The Labute approximate surface area is 145 Å². The van der Waals surface area contributed by atoms with Crippen molar-refractivity contribution in [2.75, 3.05) is 19.6 Å². The molecular weight excluding hydrogens is 326 g/mol. The lowest BCUT2D eigenvalue weighted by atomic mass is 9.94. The third kappa shape index (κ3) is 2.70. The summed E-state index contributed by atoms with van der Waals surface area (Å²) in [5, 5.41) is 7.79. The van der Waals surface area contributed by atoms with Gasteiger partial charge in [-0.05, 0) is 57.0 Å². The van der Waals surface area contributed by atoms with Crippen LogP contribution in [-0.4, -0.2) is 50.7 Å². The molecular formula is C17H20ClN5O. The minimum atomic E-state index is -0.115. The maximum Gasteiger partial charge on any atom is 0.253 e. The van der Waals surface area contributed by atoms with Crippen molar-refractivity contribution < 1.29 is 4.79 Å². The van der Waals surface area contributed by atoms with E-state index in [1.54, 1.807) is 29.2 Å². The van der Waals surface area contributed by atoms with E-state index >= 15 is 0 Å². The molecule has 4 rings (SSSR count). The van der Waals surface area contributed by atoms with Crippen LogP contribution < -0.4 is 5.32 Å². The number of fused-ring (bicyclic) bond motifs is 1. The Balaban J connectivity index is 1.55. The second kappa shape index (κ2) is 6.18. The predicted molar refractivity (Wildman–Crippen MR) is 91.5 cm³/mol. The van der Waals surface area contributed by atoms with E-state index in [-0.39, 0.29) is 11.4 Å². The lowest BCUT2D eigenvalue weighted by molar-refractivity contribution is 0.0919. The van der Waals surface area contributed by atoms with Crippen molar-refractivity contribution in [2.45, 2.75) is 31.2 Å². The molecule has 0 bridgehead atoms. The standard InChI is InChI=1S/C17H20ClN5O/c18-13-3-4-15(23-12-19-11-21-23)14(9-13)16(24)20-10-17-5-1-7-22(17)8-2-6-17/h3-4,9,11-12H,1-2,5-8,10H2,(H,20,24). The van der Waals surface area contributed by atoms with Gasteiger partial charge in [-0.25, -0.2) is 9.67 Å². The molecule has 2 aromatic rings. The molecule has 6 nitrogen and oxygen atoms in total. The van der Waals surface area contributed by atoms with Crippen molar-refractivity contribution >= 4 is 17.5 Å². The summed E-state index contributed by atoms with van der Waals surface area (Å²) in [6.07, 6.45) is 7.80. The summed E-state index contributed by atoms with van der Waals surface area (Å²) in [5.74, 6) is -0.115. The van der Waals surface area contributed by atoms with Gasteiger partial charge in [0.05, 0.1) is 11.3 Å². The Hall–Kier alpha value is -1.92. The summed E-state index contributed by atoms with van der Waals surface area (Å²) in [6, 6.07) is 5.23. The van der Waals surface area contributed by atoms with Crippen LogP contribution in [0.3, 0.4) is 0 Å². The molecule has 126 valence electrons. The molecule has 1 amide bonds. The van der Waals surface area contributed by atoms with E-state index in [0.29, 0.717) is 22.8 Å². The molecule has 0 aliphatic carbocycles. The normalized spacial score (nSPS) is 19.4. The highest BCUT2D eigenvalue weighted by Crippen LogP contribution is 2.38. The fourth-order valence-electron chi connectivity index (χ4n) is 4.08. The van der Waals surface area contributed by atoms with Gasteiger partial charge in [0.15, 0.2) is 0 Å². The van der Waals surface area contributed by atoms with Gasteiger partial charge in [-0.1, -0.05) is 11.6 Å². The van der Waals surface area contributed by atoms with Crippen molar-refractivity contribution in [3.05, 3.63) is 41.4 Å².